The van der Waals surface area contributed by atoms with Gasteiger partial charge in [0.2, 0.25) is 15.7 Å². The first-order chi connectivity index (χ1) is 12.2. The van der Waals surface area contributed by atoms with Crippen molar-refractivity contribution in [2.24, 2.45) is 0 Å². The molecule has 140 valence electrons. The van der Waals surface area contributed by atoms with Gasteiger partial charge in [-0.25, -0.2) is 12.8 Å². The van der Waals surface area contributed by atoms with Crippen molar-refractivity contribution in [1.82, 2.24) is 0 Å². The smallest absolute Gasteiger partial charge is 0.341 e. The highest BCUT2D eigenvalue weighted by molar-refractivity contribution is 7.91. The Morgan fingerprint density at radius 1 is 1.15 bits per heavy atom. The second-order valence-electron chi connectivity index (χ2n) is 5.37. The van der Waals surface area contributed by atoms with Crippen molar-refractivity contribution in [3.8, 4) is 0 Å². The molecule has 0 aromatic heterocycles. The van der Waals surface area contributed by atoms with Crippen LogP contribution in [0.4, 0.5) is 24.5 Å². The predicted octanol–water partition coefficient (Wildman–Crippen LogP) is 3.29. The van der Waals surface area contributed by atoms with E-state index in [1.807, 2.05) is 6.92 Å². The van der Waals surface area contributed by atoms with E-state index in [9.17, 15) is 26.4 Å². The fourth-order valence-corrected chi connectivity index (χ4v) is 2.98. The van der Waals surface area contributed by atoms with Crippen molar-refractivity contribution in [2.75, 3.05) is 23.3 Å². The topological polar surface area (TPSA) is 66.5 Å². The normalized spacial score (nSPS) is 11.4. The lowest BCUT2D eigenvalue weighted by Gasteiger charge is -2.22. The zero-order valence-corrected chi connectivity index (χ0v) is 14.6. The van der Waals surface area contributed by atoms with Gasteiger partial charge in [-0.3, -0.25) is 4.79 Å². The molecule has 2 rings (SSSR count). The lowest BCUT2D eigenvalue weighted by molar-refractivity contribution is -0.115. The summed E-state index contributed by atoms with van der Waals surface area (Å²) in [5, 5.41) is 2.54. The summed E-state index contributed by atoms with van der Waals surface area (Å²) in [4.78, 5) is 13.3. The molecule has 0 aliphatic carbocycles. The monoisotopic (exact) mass is 386 g/mol. The summed E-state index contributed by atoms with van der Waals surface area (Å²) in [6, 6.07) is 10.3. The van der Waals surface area contributed by atoms with E-state index in [4.69, 9.17) is 0 Å². The van der Waals surface area contributed by atoms with Crippen LogP contribution in [-0.4, -0.2) is 33.2 Å². The summed E-state index contributed by atoms with van der Waals surface area (Å²) >= 11 is 0. The molecule has 0 atom stereocenters. The third-order valence-corrected chi connectivity index (χ3v) is 4.99. The molecule has 9 heteroatoms. The van der Waals surface area contributed by atoms with Gasteiger partial charge in [-0.05, 0) is 49.4 Å². The number of carbonyl (C=O) groups is 1. The summed E-state index contributed by atoms with van der Waals surface area (Å²) in [5.74, 6) is -4.34. The van der Waals surface area contributed by atoms with Crippen molar-refractivity contribution in [3.05, 3.63) is 54.3 Å². The second kappa shape index (κ2) is 8.22. The number of nitrogens with zero attached hydrogens (tertiary/aromatic N) is 1. The zero-order chi connectivity index (χ0) is 19.3. The van der Waals surface area contributed by atoms with E-state index in [0.717, 1.165) is 12.1 Å². The SMILES string of the molecule is CCN(CC(=O)Nc1ccc(S(=O)(=O)C(F)F)cc1)c1cccc(F)c1. The van der Waals surface area contributed by atoms with Gasteiger partial charge < -0.3 is 10.2 Å². The molecule has 0 saturated heterocycles. The van der Waals surface area contributed by atoms with E-state index < -0.39 is 32.2 Å². The van der Waals surface area contributed by atoms with Gasteiger partial charge in [0.25, 0.3) is 0 Å². The third kappa shape index (κ3) is 4.75. The van der Waals surface area contributed by atoms with Crippen LogP contribution in [0.25, 0.3) is 0 Å². The van der Waals surface area contributed by atoms with Crippen molar-refractivity contribution in [3.63, 3.8) is 0 Å². The van der Waals surface area contributed by atoms with E-state index in [0.29, 0.717) is 12.2 Å². The highest BCUT2D eigenvalue weighted by Crippen LogP contribution is 2.20. The molecular formula is C17H17F3N2O3S. The number of alkyl halides is 2. The molecular weight excluding hydrogens is 369 g/mol. The van der Waals surface area contributed by atoms with Gasteiger partial charge in [-0.15, -0.1) is 0 Å². The zero-order valence-electron chi connectivity index (χ0n) is 13.8. The Balaban J connectivity index is 2.05. The van der Waals surface area contributed by atoms with Gasteiger partial charge in [0.05, 0.1) is 11.4 Å². The van der Waals surface area contributed by atoms with Gasteiger partial charge in [-0.2, -0.15) is 8.78 Å². The van der Waals surface area contributed by atoms with Gasteiger partial charge in [0.15, 0.2) is 0 Å². The first-order valence-electron chi connectivity index (χ1n) is 7.66. The first-order valence-corrected chi connectivity index (χ1v) is 9.21. The number of rotatable bonds is 7. The van der Waals surface area contributed by atoms with Gasteiger partial charge in [0, 0.05) is 17.9 Å². The number of halogens is 3. The molecule has 1 N–H and O–H groups in total. The quantitative estimate of drug-likeness (QED) is 0.793. The second-order valence-corrected chi connectivity index (χ2v) is 7.29. The molecule has 0 radical (unpaired) electrons. The summed E-state index contributed by atoms with van der Waals surface area (Å²) < 4.78 is 61.0. The fourth-order valence-electron chi connectivity index (χ4n) is 2.26. The number of anilines is 2. The Bertz CT molecular complexity index is 871. The predicted molar refractivity (Wildman–Crippen MR) is 92.5 cm³/mol. The molecule has 0 saturated carbocycles. The van der Waals surface area contributed by atoms with Crippen LogP contribution in [0.15, 0.2) is 53.4 Å². The standard InChI is InChI=1S/C17H17F3N2O3S/c1-2-22(14-5-3-4-12(18)10-14)11-16(23)21-13-6-8-15(9-7-13)26(24,25)17(19)20/h3-10,17H,2,11H2,1H3,(H,21,23). The average Bonchev–Trinajstić information content (AvgIpc) is 2.60. The van der Waals surface area contributed by atoms with Crippen LogP contribution in [0.5, 0.6) is 0 Å². The van der Waals surface area contributed by atoms with Crippen molar-refractivity contribution >= 4 is 27.1 Å². The van der Waals surface area contributed by atoms with Crippen LogP contribution in [0, 0.1) is 5.82 Å². The van der Waals surface area contributed by atoms with Crippen LogP contribution in [0.2, 0.25) is 0 Å². The van der Waals surface area contributed by atoms with Gasteiger partial charge in [0.1, 0.15) is 5.82 Å². The molecule has 5 nitrogen and oxygen atoms in total. The number of likely N-dealkylation sites (N-methyl/N-ethyl adjacent to an activating group) is 1. The van der Waals surface area contributed by atoms with E-state index in [1.54, 1.807) is 11.0 Å². The Morgan fingerprint density at radius 3 is 2.35 bits per heavy atom. The van der Waals surface area contributed by atoms with Crippen LogP contribution < -0.4 is 10.2 Å². The highest BCUT2D eigenvalue weighted by atomic mass is 32.2. The maximum atomic E-state index is 13.3. The summed E-state index contributed by atoms with van der Waals surface area (Å²) in [7, 11) is -4.67. The minimum Gasteiger partial charge on any atom is -0.362 e. The molecule has 1 amide bonds. The number of benzene rings is 2. The molecule has 0 bridgehead atoms. The fraction of sp³-hybridized carbons (Fsp3) is 0.235. The lowest BCUT2D eigenvalue weighted by atomic mass is 10.2. The highest BCUT2D eigenvalue weighted by Gasteiger charge is 2.26. The molecule has 0 heterocycles. The van der Waals surface area contributed by atoms with E-state index in [-0.39, 0.29) is 12.2 Å². The van der Waals surface area contributed by atoms with Gasteiger partial charge in [-0.1, -0.05) is 6.07 Å². The summed E-state index contributed by atoms with van der Waals surface area (Å²) in [5.41, 5.74) is 0.805. The number of sulfone groups is 1. The molecule has 0 aliphatic rings. The number of amides is 1. The van der Waals surface area contributed by atoms with E-state index in [2.05, 4.69) is 5.32 Å². The number of carbonyl (C=O) groups excluding carboxylic acids is 1. The average molecular weight is 386 g/mol. The van der Waals surface area contributed by atoms with Crippen molar-refractivity contribution in [2.45, 2.75) is 17.6 Å². The molecule has 0 unspecified atom stereocenters. The number of hydrogen-bond acceptors (Lipinski definition) is 4. The minimum absolute atomic E-state index is 0.0585. The van der Waals surface area contributed by atoms with Crippen LogP contribution >= 0.6 is 0 Å². The molecule has 0 spiro atoms. The van der Waals surface area contributed by atoms with Crippen LogP contribution in [0.3, 0.4) is 0 Å². The van der Waals surface area contributed by atoms with E-state index >= 15 is 0 Å². The Hall–Kier alpha value is -2.55. The maximum Gasteiger partial charge on any atom is 0.341 e. The summed E-state index contributed by atoms with van der Waals surface area (Å²) in [6.07, 6.45) is 0. The molecule has 0 fully saturated rings. The molecule has 2 aromatic carbocycles. The van der Waals surface area contributed by atoms with Crippen LogP contribution in [0.1, 0.15) is 6.92 Å². The Labute approximate surface area is 149 Å². The largest absolute Gasteiger partial charge is 0.362 e. The molecule has 26 heavy (non-hydrogen) atoms. The maximum absolute atomic E-state index is 13.3. The Morgan fingerprint density at radius 2 is 1.81 bits per heavy atom. The third-order valence-electron chi connectivity index (χ3n) is 3.59. The van der Waals surface area contributed by atoms with E-state index in [1.165, 1.54) is 30.3 Å². The Kier molecular flexibility index (Phi) is 6.25. The van der Waals surface area contributed by atoms with Crippen molar-refractivity contribution in [1.29, 1.82) is 0 Å². The minimum atomic E-state index is -4.67. The first kappa shape index (κ1) is 19.8. The van der Waals surface area contributed by atoms with Crippen molar-refractivity contribution < 1.29 is 26.4 Å². The molecule has 0 aliphatic heterocycles. The van der Waals surface area contributed by atoms with Crippen LogP contribution in [-0.2, 0) is 14.6 Å². The number of nitrogens with one attached hydrogen (secondary N) is 1. The number of hydrogen-bond donors (Lipinski definition) is 1. The molecule has 2 aromatic rings. The lowest BCUT2D eigenvalue weighted by Crippen LogP contribution is -2.33. The summed E-state index contributed by atoms with van der Waals surface area (Å²) in [6.45, 7) is 2.21. The van der Waals surface area contributed by atoms with Gasteiger partial charge >= 0.3 is 5.76 Å².